The van der Waals surface area contributed by atoms with Crippen LogP contribution in [0.5, 0.6) is 5.75 Å². The molecule has 0 radical (unpaired) electrons. The first-order valence-corrected chi connectivity index (χ1v) is 5.08. The van der Waals surface area contributed by atoms with Crippen LogP contribution in [0.3, 0.4) is 0 Å². The van der Waals surface area contributed by atoms with Crippen molar-refractivity contribution >= 4 is 0 Å². The predicted octanol–water partition coefficient (Wildman–Crippen LogP) is 2.68. The number of hydrogen-bond acceptors (Lipinski definition) is 2. The number of benzene rings is 1. The molecule has 0 amide bonds. The Morgan fingerprint density at radius 3 is 2.93 bits per heavy atom. The molecular weight excluding hydrogens is 193 g/mol. The van der Waals surface area contributed by atoms with Crippen LogP contribution >= 0.6 is 0 Å². The van der Waals surface area contributed by atoms with Gasteiger partial charge < -0.3 is 4.74 Å². The van der Waals surface area contributed by atoms with Crippen LogP contribution in [0.1, 0.15) is 18.4 Å². The first-order valence-electron chi connectivity index (χ1n) is 5.08. The molecule has 1 aliphatic rings. The summed E-state index contributed by atoms with van der Waals surface area (Å²) in [4.78, 5) is 0. The van der Waals surface area contributed by atoms with Gasteiger partial charge in [-0.05, 0) is 24.8 Å². The van der Waals surface area contributed by atoms with E-state index in [9.17, 15) is 4.39 Å². The summed E-state index contributed by atoms with van der Waals surface area (Å²) in [5.41, 5.74) is 0.637. The maximum atomic E-state index is 13.4. The van der Waals surface area contributed by atoms with Gasteiger partial charge in [0.15, 0.2) is 11.6 Å². The Morgan fingerprint density at radius 2 is 2.27 bits per heavy atom. The Balaban J connectivity index is 2.13. The Bertz CT molecular complexity index is 393. The second-order valence-electron chi connectivity index (χ2n) is 3.82. The minimum absolute atomic E-state index is 0.192. The van der Waals surface area contributed by atoms with E-state index in [2.05, 4.69) is 0 Å². The fourth-order valence-electron chi connectivity index (χ4n) is 1.43. The van der Waals surface area contributed by atoms with E-state index in [1.807, 2.05) is 6.07 Å². The standard InChI is InChI=1S/C12H12FNO/c13-11-3-1-2-10(6-7-14)12(11)15-8-9-4-5-9/h1-3,9H,4-6,8H2. The van der Waals surface area contributed by atoms with E-state index in [1.54, 1.807) is 12.1 Å². The van der Waals surface area contributed by atoms with E-state index in [4.69, 9.17) is 10.00 Å². The lowest BCUT2D eigenvalue weighted by Crippen LogP contribution is -2.03. The molecule has 15 heavy (non-hydrogen) atoms. The molecule has 0 unspecified atom stereocenters. The van der Waals surface area contributed by atoms with Gasteiger partial charge in [0.25, 0.3) is 0 Å². The maximum absolute atomic E-state index is 13.4. The van der Waals surface area contributed by atoms with E-state index < -0.39 is 0 Å². The van der Waals surface area contributed by atoms with E-state index >= 15 is 0 Å². The van der Waals surface area contributed by atoms with Crippen molar-refractivity contribution in [2.75, 3.05) is 6.61 Å². The van der Waals surface area contributed by atoms with E-state index in [1.165, 1.54) is 18.9 Å². The zero-order valence-electron chi connectivity index (χ0n) is 8.37. The van der Waals surface area contributed by atoms with Crippen LogP contribution in [-0.4, -0.2) is 6.61 Å². The molecular formula is C12H12FNO. The average molecular weight is 205 g/mol. The normalized spacial score (nSPS) is 14.7. The van der Waals surface area contributed by atoms with Crippen molar-refractivity contribution in [2.24, 2.45) is 5.92 Å². The Kier molecular flexibility index (Phi) is 2.86. The molecule has 0 aromatic heterocycles. The van der Waals surface area contributed by atoms with Crippen molar-refractivity contribution in [2.45, 2.75) is 19.3 Å². The topological polar surface area (TPSA) is 33.0 Å². The molecule has 1 aliphatic carbocycles. The number of nitriles is 1. The van der Waals surface area contributed by atoms with Crippen LogP contribution in [-0.2, 0) is 6.42 Å². The van der Waals surface area contributed by atoms with Crippen LogP contribution in [0.4, 0.5) is 4.39 Å². The van der Waals surface area contributed by atoms with Crippen molar-refractivity contribution in [1.29, 1.82) is 5.26 Å². The molecule has 1 aromatic carbocycles. The molecule has 0 saturated heterocycles. The lowest BCUT2D eigenvalue weighted by Gasteiger charge is -2.09. The Morgan fingerprint density at radius 1 is 1.47 bits per heavy atom. The van der Waals surface area contributed by atoms with Gasteiger partial charge in [-0.1, -0.05) is 12.1 Å². The lowest BCUT2D eigenvalue weighted by atomic mass is 10.1. The van der Waals surface area contributed by atoms with Gasteiger partial charge in [0.05, 0.1) is 19.1 Å². The van der Waals surface area contributed by atoms with Crippen molar-refractivity contribution in [3.05, 3.63) is 29.6 Å². The summed E-state index contributed by atoms with van der Waals surface area (Å²) in [7, 11) is 0. The summed E-state index contributed by atoms with van der Waals surface area (Å²) >= 11 is 0. The zero-order valence-corrected chi connectivity index (χ0v) is 8.37. The van der Waals surface area contributed by atoms with Gasteiger partial charge in [0.2, 0.25) is 0 Å². The second kappa shape index (κ2) is 4.31. The molecule has 2 rings (SSSR count). The third kappa shape index (κ3) is 2.47. The zero-order chi connectivity index (χ0) is 10.7. The van der Waals surface area contributed by atoms with Crippen LogP contribution in [0.25, 0.3) is 0 Å². The van der Waals surface area contributed by atoms with E-state index in [0.717, 1.165) is 0 Å². The summed E-state index contributed by atoms with van der Waals surface area (Å²) in [5, 5.41) is 8.60. The second-order valence-corrected chi connectivity index (χ2v) is 3.82. The minimum atomic E-state index is -0.372. The number of hydrogen-bond donors (Lipinski definition) is 0. The third-order valence-electron chi connectivity index (χ3n) is 2.48. The molecule has 2 nitrogen and oxygen atoms in total. The number of halogens is 1. The van der Waals surface area contributed by atoms with Crippen molar-refractivity contribution in [3.8, 4) is 11.8 Å². The van der Waals surface area contributed by atoms with E-state index in [-0.39, 0.29) is 18.0 Å². The fourth-order valence-corrected chi connectivity index (χ4v) is 1.43. The summed E-state index contributed by atoms with van der Waals surface area (Å²) in [6.45, 7) is 0.569. The van der Waals surface area contributed by atoms with Crippen molar-refractivity contribution in [3.63, 3.8) is 0 Å². The van der Waals surface area contributed by atoms with Gasteiger partial charge in [-0.25, -0.2) is 4.39 Å². The van der Waals surface area contributed by atoms with Crippen molar-refractivity contribution in [1.82, 2.24) is 0 Å². The highest BCUT2D eigenvalue weighted by molar-refractivity contribution is 5.36. The fraction of sp³-hybridized carbons (Fsp3) is 0.417. The Hall–Kier alpha value is -1.56. The first-order chi connectivity index (χ1) is 7.31. The number of rotatable bonds is 4. The molecule has 0 spiro atoms. The van der Waals surface area contributed by atoms with Crippen LogP contribution in [0.15, 0.2) is 18.2 Å². The summed E-state index contributed by atoms with van der Waals surface area (Å²) < 4.78 is 18.8. The molecule has 0 aliphatic heterocycles. The smallest absolute Gasteiger partial charge is 0.165 e. The molecule has 3 heteroatoms. The number of ether oxygens (including phenoxy) is 1. The molecule has 0 bridgehead atoms. The molecule has 1 saturated carbocycles. The van der Waals surface area contributed by atoms with Gasteiger partial charge in [0.1, 0.15) is 0 Å². The summed E-state index contributed by atoms with van der Waals surface area (Å²) in [6, 6.07) is 6.71. The average Bonchev–Trinajstić information content (AvgIpc) is 3.01. The van der Waals surface area contributed by atoms with Gasteiger partial charge in [-0.2, -0.15) is 5.26 Å². The van der Waals surface area contributed by atoms with Crippen LogP contribution in [0, 0.1) is 23.1 Å². The summed E-state index contributed by atoms with van der Waals surface area (Å²) in [5.74, 6) is 0.467. The molecule has 0 atom stereocenters. The lowest BCUT2D eigenvalue weighted by molar-refractivity contribution is 0.283. The quantitative estimate of drug-likeness (QED) is 0.757. The van der Waals surface area contributed by atoms with E-state index in [0.29, 0.717) is 18.1 Å². The molecule has 78 valence electrons. The van der Waals surface area contributed by atoms with Crippen LogP contribution < -0.4 is 4.74 Å². The van der Waals surface area contributed by atoms with Crippen LogP contribution in [0.2, 0.25) is 0 Å². The third-order valence-corrected chi connectivity index (χ3v) is 2.48. The van der Waals surface area contributed by atoms with Gasteiger partial charge in [-0.3, -0.25) is 0 Å². The monoisotopic (exact) mass is 205 g/mol. The minimum Gasteiger partial charge on any atom is -0.490 e. The van der Waals surface area contributed by atoms with Crippen molar-refractivity contribution < 1.29 is 9.13 Å². The molecule has 1 fully saturated rings. The van der Waals surface area contributed by atoms with Gasteiger partial charge >= 0.3 is 0 Å². The molecule has 0 heterocycles. The largest absolute Gasteiger partial charge is 0.490 e. The van der Waals surface area contributed by atoms with Gasteiger partial charge in [-0.15, -0.1) is 0 Å². The Labute approximate surface area is 88.3 Å². The summed E-state index contributed by atoms with van der Waals surface area (Å²) in [6.07, 6.45) is 2.53. The SMILES string of the molecule is N#CCc1cccc(F)c1OCC1CC1. The molecule has 0 N–H and O–H groups in total. The maximum Gasteiger partial charge on any atom is 0.165 e. The van der Waals surface area contributed by atoms with Gasteiger partial charge in [0, 0.05) is 5.56 Å². The predicted molar refractivity (Wildman–Crippen MR) is 53.9 cm³/mol. The highest BCUT2D eigenvalue weighted by Gasteiger charge is 2.23. The first kappa shape index (κ1) is 9.97. The number of para-hydroxylation sites is 1. The highest BCUT2D eigenvalue weighted by Crippen LogP contribution is 2.31. The number of nitrogens with zero attached hydrogens (tertiary/aromatic N) is 1. The molecule has 1 aromatic rings. The highest BCUT2D eigenvalue weighted by atomic mass is 19.1.